The van der Waals surface area contributed by atoms with Gasteiger partial charge in [0, 0.05) is 26.4 Å². The molecule has 0 amide bonds. The number of hydrogen-bond donors (Lipinski definition) is 1. The lowest BCUT2D eigenvalue weighted by Crippen LogP contribution is -2.63. The maximum Gasteiger partial charge on any atom is 0.186 e. The molecule has 0 aromatic heterocycles. The molecule has 1 N–H and O–H groups in total. The molecule has 0 aliphatic carbocycles. The fraction of sp³-hybridized carbons (Fsp3) is 1.00. The molecule has 6 heteroatoms. The molecule has 30 heavy (non-hydrogen) atoms. The Morgan fingerprint density at radius 1 is 0.633 bits per heavy atom. The topological polar surface area (TPSA) is 66.4 Å². The molecule has 0 saturated carbocycles. The molecule has 1 heterocycles. The fourth-order valence-corrected chi connectivity index (χ4v) is 3.50. The van der Waals surface area contributed by atoms with Crippen molar-refractivity contribution in [3.05, 3.63) is 0 Å². The minimum absolute atomic E-state index is 0.322. The van der Waals surface area contributed by atoms with Crippen LogP contribution in [0.15, 0.2) is 0 Å². The van der Waals surface area contributed by atoms with Gasteiger partial charge in [-0.3, -0.25) is 0 Å². The molecule has 6 atom stereocenters. The molecule has 180 valence electrons. The van der Waals surface area contributed by atoms with Crippen molar-refractivity contribution in [2.45, 2.75) is 129 Å². The van der Waals surface area contributed by atoms with Gasteiger partial charge < -0.3 is 28.8 Å². The van der Waals surface area contributed by atoms with Gasteiger partial charge in [0.1, 0.15) is 24.4 Å². The van der Waals surface area contributed by atoms with Crippen LogP contribution in [0.3, 0.4) is 0 Å². The quantitative estimate of drug-likeness (QED) is 0.312. The number of unbranched alkanes of at least 4 members (excludes halogenated alkanes) is 4. The van der Waals surface area contributed by atoms with Crippen LogP contribution in [-0.4, -0.2) is 68.3 Å². The second-order valence-electron chi connectivity index (χ2n) is 8.24. The molecule has 0 radical (unpaired) electrons. The maximum absolute atomic E-state index is 10.7. The molecule has 6 nitrogen and oxygen atoms in total. The molecular formula is C24H48O6. The molecule has 0 unspecified atom stereocenters. The van der Waals surface area contributed by atoms with Gasteiger partial charge in [0.15, 0.2) is 6.29 Å². The van der Waals surface area contributed by atoms with Gasteiger partial charge in [-0.05, 0) is 32.1 Å². The summed E-state index contributed by atoms with van der Waals surface area (Å²) in [4.78, 5) is 0. The maximum atomic E-state index is 10.7. The van der Waals surface area contributed by atoms with Crippen molar-refractivity contribution in [2.24, 2.45) is 0 Å². The van der Waals surface area contributed by atoms with Crippen molar-refractivity contribution >= 4 is 0 Å². The number of rotatable bonds is 18. The Morgan fingerprint density at radius 2 is 1.07 bits per heavy atom. The smallest absolute Gasteiger partial charge is 0.186 e. The third-order valence-corrected chi connectivity index (χ3v) is 5.53. The van der Waals surface area contributed by atoms with Crippen LogP contribution in [0.4, 0.5) is 0 Å². The number of aliphatic hydroxyl groups is 1. The van der Waals surface area contributed by atoms with E-state index in [1.807, 2.05) is 6.92 Å². The summed E-state index contributed by atoms with van der Waals surface area (Å²) in [6, 6.07) is 0. The van der Waals surface area contributed by atoms with Gasteiger partial charge in [-0.15, -0.1) is 0 Å². The standard InChI is InChI=1S/C24H48O6/c1-6-11-15-26-21-20(19(25)10-5)30-24(29-18-14-9-4)23(28-17-13-8-3)22(21)27-16-12-7-2/h19-25H,6-18H2,1-5H3/t19-,20+,21+,22-,23-,24-/m0/s1. The van der Waals surface area contributed by atoms with E-state index < -0.39 is 18.5 Å². The summed E-state index contributed by atoms with van der Waals surface area (Å²) in [5.74, 6) is 0. The lowest BCUT2D eigenvalue weighted by molar-refractivity contribution is -0.330. The molecular weight excluding hydrogens is 384 g/mol. The predicted octanol–water partition coefficient (Wildman–Crippen LogP) is 4.85. The molecule has 1 rings (SSSR count). The van der Waals surface area contributed by atoms with E-state index in [0.29, 0.717) is 32.8 Å². The molecule has 0 spiro atoms. The van der Waals surface area contributed by atoms with E-state index in [2.05, 4.69) is 27.7 Å². The normalized spacial score (nSPS) is 28.0. The first-order chi connectivity index (χ1) is 14.6. The Bertz CT molecular complexity index is 394. The van der Waals surface area contributed by atoms with E-state index in [4.69, 9.17) is 23.7 Å². The summed E-state index contributed by atoms with van der Waals surface area (Å²) in [6.07, 6.45) is 5.93. The van der Waals surface area contributed by atoms with Crippen LogP contribution in [0.1, 0.15) is 92.4 Å². The minimum atomic E-state index is -0.636. The van der Waals surface area contributed by atoms with Crippen molar-refractivity contribution in [2.75, 3.05) is 26.4 Å². The average Bonchev–Trinajstić information content (AvgIpc) is 2.75. The highest BCUT2D eigenvalue weighted by molar-refractivity contribution is 4.95. The number of hydrogen-bond acceptors (Lipinski definition) is 6. The van der Waals surface area contributed by atoms with Crippen LogP contribution in [0, 0.1) is 0 Å². The summed E-state index contributed by atoms with van der Waals surface area (Å²) < 4.78 is 31.3. The lowest BCUT2D eigenvalue weighted by atomic mass is 9.93. The Balaban J connectivity index is 3.09. The zero-order chi connectivity index (χ0) is 22.2. The molecule has 1 aliphatic rings. The Morgan fingerprint density at radius 3 is 1.53 bits per heavy atom. The highest BCUT2D eigenvalue weighted by Crippen LogP contribution is 2.32. The Kier molecular flexibility index (Phi) is 16.1. The van der Waals surface area contributed by atoms with Crippen molar-refractivity contribution in [3.63, 3.8) is 0 Å². The van der Waals surface area contributed by atoms with Gasteiger partial charge in [0.2, 0.25) is 0 Å². The lowest BCUT2D eigenvalue weighted by Gasteiger charge is -2.47. The third-order valence-electron chi connectivity index (χ3n) is 5.53. The van der Waals surface area contributed by atoms with Crippen molar-refractivity contribution in [1.29, 1.82) is 0 Å². The van der Waals surface area contributed by atoms with Crippen LogP contribution in [0.25, 0.3) is 0 Å². The summed E-state index contributed by atoms with van der Waals surface area (Å²) in [7, 11) is 0. The van der Waals surface area contributed by atoms with Crippen molar-refractivity contribution in [3.8, 4) is 0 Å². The van der Waals surface area contributed by atoms with Crippen LogP contribution >= 0.6 is 0 Å². The Hall–Kier alpha value is -0.240. The van der Waals surface area contributed by atoms with E-state index in [-0.39, 0.29) is 18.3 Å². The first-order valence-electron chi connectivity index (χ1n) is 12.4. The van der Waals surface area contributed by atoms with Crippen molar-refractivity contribution < 1.29 is 28.8 Å². The zero-order valence-corrected chi connectivity index (χ0v) is 20.1. The second-order valence-corrected chi connectivity index (χ2v) is 8.24. The first-order valence-corrected chi connectivity index (χ1v) is 12.4. The largest absolute Gasteiger partial charge is 0.390 e. The fourth-order valence-electron chi connectivity index (χ4n) is 3.50. The van der Waals surface area contributed by atoms with Crippen LogP contribution in [0.5, 0.6) is 0 Å². The van der Waals surface area contributed by atoms with Gasteiger partial charge in [0.05, 0.1) is 6.10 Å². The molecule has 0 aromatic rings. The number of ether oxygens (including phenoxy) is 5. The Labute approximate surface area is 184 Å². The zero-order valence-electron chi connectivity index (χ0n) is 20.1. The van der Waals surface area contributed by atoms with E-state index in [0.717, 1.165) is 51.4 Å². The van der Waals surface area contributed by atoms with Gasteiger partial charge >= 0.3 is 0 Å². The summed E-state index contributed by atoms with van der Waals surface area (Å²) in [5, 5.41) is 10.7. The van der Waals surface area contributed by atoms with Gasteiger partial charge in [0.25, 0.3) is 0 Å². The van der Waals surface area contributed by atoms with E-state index >= 15 is 0 Å². The second kappa shape index (κ2) is 17.3. The monoisotopic (exact) mass is 432 g/mol. The highest BCUT2D eigenvalue weighted by atomic mass is 16.7. The third kappa shape index (κ3) is 9.49. The summed E-state index contributed by atoms with van der Waals surface area (Å²) in [6.45, 7) is 13.0. The van der Waals surface area contributed by atoms with Crippen LogP contribution < -0.4 is 0 Å². The molecule has 1 fully saturated rings. The first kappa shape index (κ1) is 27.8. The summed E-state index contributed by atoms with van der Waals surface area (Å²) in [5.41, 5.74) is 0. The molecule has 1 aliphatic heterocycles. The average molecular weight is 433 g/mol. The van der Waals surface area contributed by atoms with Crippen LogP contribution in [0.2, 0.25) is 0 Å². The van der Waals surface area contributed by atoms with E-state index in [1.165, 1.54) is 0 Å². The SMILES string of the molecule is CCCCO[C@H]1O[C@H]([C@@H](O)CC)[C@@H](OCCCC)[C@H](OCCCC)[C@@H]1OCCCC. The van der Waals surface area contributed by atoms with E-state index in [1.54, 1.807) is 0 Å². The summed E-state index contributed by atoms with van der Waals surface area (Å²) >= 11 is 0. The van der Waals surface area contributed by atoms with E-state index in [9.17, 15) is 5.11 Å². The number of aliphatic hydroxyl groups excluding tert-OH is 1. The van der Waals surface area contributed by atoms with Gasteiger partial charge in [-0.25, -0.2) is 0 Å². The predicted molar refractivity (Wildman–Crippen MR) is 120 cm³/mol. The van der Waals surface area contributed by atoms with Gasteiger partial charge in [-0.2, -0.15) is 0 Å². The molecule has 0 bridgehead atoms. The van der Waals surface area contributed by atoms with Gasteiger partial charge in [-0.1, -0.05) is 60.3 Å². The molecule has 1 saturated heterocycles. The molecule has 0 aromatic carbocycles. The van der Waals surface area contributed by atoms with Crippen molar-refractivity contribution in [1.82, 2.24) is 0 Å². The minimum Gasteiger partial charge on any atom is -0.390 e. The highest BCUT2D eigenvalue weighted by Gasteiger charge is 2.50. The van der Waals surface area contributed by atoms with Crippen LogP contribution in [-0.2, 0) is 23.7 Å².